The molecule has 3 aromatic carbocycles. The van der Waals surface area contributed by atoms with Crippen molar-refractivity contribution < 1.29 is 9.90 Å². The van der Waals surface area contributed by atoms with E-state index in [1.807, 2.05) is 43.3 Å². The fraction of sp³-hybridized carbons (Fsp3) is 0.167. The molecule has 0 bridgehead atoms. The molecule has 0 unspecified atom stereocenters. The maximum atomic E-state index is 11.9. The van der Waals surface area contributed by atoms with Crippen molar-refractivity contribution in [3.63, 3.8) is 0 Å². The summed E-state index contributed by atoms with van der Waals surface area (Å²) in [4.78, 5) is 11.9. The van der Waals surface area contributed by atoms with E-state index in [-0.39, 0.29) is 5.78 Å². The molecule has 2 nitrogen and oxygen atoms in total. The number of hydrogen-bond acceptors (Lipinski definition) is 2. The Morgan fingerprint density at radius 2 is 1.75 bits per heavy atom. The first-order valence-corrected chi connectivity index (χ1v) is 6.87. The van der Waals surface area contributed by atoms with Crippen LogP contribution < -0.4 is 0 Å². The van der Waals surface area contributed by atoms with E-state index in [0.29, 0.717) is 12.2 Å². The van der Waals surface area contributed by atoms with Crippen molar-refractivity contribution in [2.45, 2.75) is 19.8 Å². The second-order valence-corrected chi connectivity index (χ2v) is 5.51. The second-order valence-electron chi connectivity index (χ2n) is 5.51. The highest BCUT2D eigenvalue weighted by atomic mass is 16.3. The summed E-state index contributed by atoms with van der Waals surface area (Å²) < 4.78 is 0. The van der Waals surface area contributed by atoms with Crippen LogP contribution in [0.25, 0.3) is 21.5 Å². The summed E-state index contributed by atoms with van der Waals surface area (Å²) >= 11 is 0. The van der Waals surface area contributed by atoms with Crippen LogP contribution in [0.2, 0.25) is 0 Å². The van der Waals surface area contributed by atoms with Crippen molar-refractivity contribution in [1.29, 1.82) is 0 Å². The fourth-order valence-corrected chi connectivity index (χ4v) is 3.43. The third kappa shape index (κ3) is 1.36. The van der Waals surface area contributed by atoms with E-state index in [9.17, 15) is 9.90 Å². The zero-order chi connectivity index (χ0) is 13.9. The summed E-state index contributed by atoms with van der Waals surface area (Å²) in [5.41, 5.74) is 3.03. The normalized spacial score (nSPS) is 14.2. The number of phenolic OH excluding ortho intramolecular Hbond substituents is 1. The van der Waals surface area contributed by atoms with Crippen molar-refractivity contribution >= 4 is 27.3 Å². The lowest BCUT2D eigenvalue weighted by Crippen LogP contribution is -1.94. The molecule has 0 fully saturated rings. The van der Waals surface area contributed by atoms with Crippen LogP contribution in [0.1, 0.15) is 27.9 Å². The van der Waals surface area contributed by atoms with Gasteiger partial charge in [-0.05, 0) is 52.8 Å². The number of ketones is 1. The van der Waals surface area contributed by atoms with Crippen LogP contribution in [0.15, 0.2) is 36.4 Å². The number of rotatable bonds is 0. The number of benzene rings is 3. The Kier molecular flexibility index (Phi) is 2.19. The summed E-state index contributed by atoms with van der Waals surface area (Å²) in [6.45, 7) is 2.04. The number of aromatic hydroxyl groups is 1. The lowest BCUT2D eigenvalue weighted by Gasteiger charge is -2.12. The molecule has 20 heavy (non-hydrogen) atoms. The van der Waals surface area contributed by atoms with Gasteiger partial charge < -0.3 is 5.11 Å². The Morgan fingerprint density at radius 1 is 1.00 bits per heavy atom. The molecule has 2 heteroatoms. The van der Waals surface area contributed by atoms with Crippen LogP contribution in [0.5, 0.6) is 5.75 Å². The minimum atomic E-state index is 0.220. The molecule has 0 amide bonds. The van der Waals surface area contributed by atoms with E-state index < -0.39 is 0 Å². The molecule has 0 aliphatic heterocycles. The first kappa shape index (κ1) is 11.5. The SMILES string of the molecule is Cc1cc2c(c3cc(O)c4ccccc4c13)CCC2=O. The Labute approximate surface area is 116 Å². The number of hydrogen-bond donors (Lipinski definition) is 1. The van der Waals surface area contributed by atoms with Gasteiger partial charge in [-0.2, -0.15) is 0 Å². The monoisotopic (exact) mass is 262 g/mol. The minimum absolute atomic E-state index is 0.220. The van der Waals surface area contributed by atoms with E-state index in [1.165, 1.54) is 0 Å². The number of carbonyl (C=O) groups is 1. The van der Waals surface area contributed by atoms with Gasteiger partial charge in [0, 0.05) is 17.4 Å². The van der Waals surface area contributed by atoms with Crippen LogP contribution in [0.4, 0.5) is 0 Å². The average molecular weight is 262 g/mol. The number of carbonyl (C=O) groups excluding carboxylic acids is 1. The van der Waals surface area contributed by atoms with Crippen LogP contribution in [0.3, 0.4) is 0 Å². The van der Waals surface area contributed by atoms with E-state index in [0.717, 1.165) is 44.7 Å². The third-order valence-corrected chi connectivity index (χ3v) is 4.33. The molecule has 98 valence electrons. The molecular formula is C18H14O2. The molecule has 1 aliphatic carbocycles. The smallest absolute Gasteiger partial charge is 0.163 e. The molecule has 3 aromatic rings. The number of aryl methyl sites for hydroxylation is 2. The highest BCUT2D eigenvalue weighted by Crippen LogP contribution is 2.39. The van der Waals surface area contributed by atoms with Gasteiger partial charge in [-0.3, -0.25) is 4.79 Å². The molecular weight excluding hydrogens is 248 g/mol. The molecule has 0 radical (unpaired) electrons. The van der Waals surface area contributed by atoms with Crippen molar-refractivity contribution in [2.24, 2.45) is 0 Å². The first-order valence-electron chi connectivity index (χ1n) is 6.87. The maximum Gasteiger partial charge on any atom is 0.163 e. The van der Waals surface area contributed by atoms with E-state index in [4.69, 9.17) is 0 Å². The van der Waals surface area contributed by atoms with Crippen molar-refractivity contribution in [1.82, 2.24) is 0 Å². The standard InChI is InChI=1S/C18H14O2/c1-10-8-14-11(6-7-16(14)19)15-9-17(20)12-4-2-3-5-13(12)18(10)15/h2-5,8-9,20H,6-7H2,1H3. The molecule has 0 spiro atoms. The first-order chi connectivity index (χ1) is 9.66. The molecule has 0 aromatic heterocycles. The number of fused-ring (bicyclic) bond motifs is 5. The maximum absolute atomic E-state index is 11.9. The number of Topliss-reactive ketones (excluding diaryl/α,β-unsaturated/α-hetero) is 1. The van der Waals surface area contributed by atoms with E-state index in [1.54, 1.807) is 0 Å². The van der Waals surface area contributed by atoms with Crippen molar-refractivity contribution in [3.8, 4) is 5.75 Å². The second kappa shape index (κ2) is 3.83. The summed E-state index contributed by atoms with van der Waals surface area (Å²) in [5, 5.41) is 14.4. The highest BCUT2D eigenvalue weighted by molar-refractivity contribution is 6.16. The fourth-order valence-electron chi connectivity index (χ4n) is 3.43. The number of phenols is 1. The van der Waals surface area contributed by atoms with Crippen LogP contribution in [0, 0.1) is 6.92 Å². The zero-order valence-corrected chi connectivity index (χ0v) is 11.2. The molecule has 4 rings (SSSR count). The Bertz CT molecular complexity index is 891. The molecule has 0 saturated carbocycles. The molecule has 0 saturated heterocycles. The predicted molar refractivity (Wildman–Crippen MR) is 80.5 cm³/mol. The molecule has 1 N–H and O–H groups in total. The van der Waals surface area contributed by atoms with E-state index in [2.05, 4.69) is 0 Å². The summed E-state index contributed by atoms with van der Waals surface area (Å²) in [6, 6.07) is 11.7. The van der Waals surface area contributed by atoms with E-state index >= 15 is 0 Å². The van der Waals surface area contributed by atoms with Gasteiger partial charge in [-0.15, -0.1) is 0 Å². The molecule has 0 heterocycles. The zero-order valence-electron chi connectivity index (χ0n) is 11.2. The van der Waals surface area contributed by atoms with Gasteiger partial charge in [0.05, 0.1) is 0 Å². The topological polar surface area (TPSA) is 37.3 Å². The largest absolute Gasteiger partial charge is 0.507 e. The van der Waals surface area contributed by atoms with Gasteiger partial charge in [0.15, 0.2) is 5.78 Å². The Morgan fingerprint density at radius 3 is 2.55 bits per heavy atom. The average Bonchev–Trinajstić information content (AvgIpc) is 2.81. The van der Waals surface area contributed by atoms with Crippen molar-refractivity contribution in [2.75, 3.05) is 0 Å². The summed E-state index contributed by atoms with van der Waals surface area (Å²) in [7, 11) is 0. The van der Waals surface area contributed by atoms with Gasteiger partial charge in [-0.1, -0.05) is 24.3 Å². The quantitative estimate of drug-likeness (QED) is 0.618. The van der Waals surface area contributed by atoms with Crippen LogP contribution in [-0.4, -0.2) is 10.9 Å². The Hall–Kier alpha value is -2.35. The van der Waals surface area contributed by atoms with Gasteiger partial charge in [0.1, 0.15) is 5.75 Å². The Balaban J connectivity index is 2.29. The predicted octanol–water partition coefficient (Wildman–Crippen LogP) is 4.14. The van der Waals surface area contributed by atoms with Crippen LogP contribution in [-0.2, 0) is 6.42 Å². The minimum Gasteiger partial charge on any atom is -0.507 e. The van der Waals surface area contributed by atoms with Gasteiger partial charge >= 0.3 is 0 Å². The lowest BCUT2D eigenvalue weighted by molar-refractivity contribution is 0.0994. The third-order valence-electron chi connectivity index (χ3n) is 4.33. The summed E-state index contributed by atoms with van der Waals surface area (Å²) in [6.07, 6.45) is 1.37. The van der Waals surface area contributed by atoms with Crippen molar-refractivity contribution in [3.05, 3.63) is 53.1 Å². The molecule has 0 atom stereocenters. The van der Waals surface area contributed by atoms with Gasteiger partial charge in [0.2, 0.25) is 0 Å². The van der Waals surface area contributed by atoms with Crippen LogP contribution >= 0.6 is 0 Å². The molecule has 1 aliphatic rings. The lowest BCUT2D eigenvalue weighted by atomic mass is 9.92. The summed E-state index contributed by atoms with van der Waals surface area (Å²) in [5.74, 6) is 0.512. The van der Waals surface area contributed by atoms with Gasteiger partial charge in [-0.25, -0.2) is 0 Å². The highest BCUT2D eigenvalue weighted by Gasteiger charge is 2.23. The van der Waals surface area contributed by atoms with Gasteiger partial charge in [0.25, 0.3) is 0 Å².